The van der Waals surface area contributed by atoms with E-state index in [4.69, 9.17) is 10.00 Å². The van der Waals surface area contributed by atoms with Crippen LogP contribution in [0.25, 0.3) is 0 Å². The highest BCUT2D eigenvalue weighted by molar-refractivity contribution is 5.34. The van der Waals surface area contributed by atoms with Crippen LogP contribution in [0.2, 0.25) is 0 Å². The summed E-state index contributed by atoms with van der Waals surface area (Å²) >= 11 is 0. The number of nitriles is 1. The predicted molar refractivity (Wildman–Crippen MR) is 64.5 cm³/mol. The van der Waals surface area contributed by atoms with E-state index in [1.54, 1.807) is 6.92 Å². The molecule has 0 amide bonds. The van der Waals surface area contributed by atoms with Gasteiger partial charge < -0.3 is 9.84 Å². The standard InChI is InChI=1S/C14H17NO2/c1-11(16)12-4-2-3-5-13(12)17-10-14(6-7-14)8-9-15/h2-5,11,16H,6-8,10H2,1H3/t11-/m0/s1. The Kier molecular flexibility index (Phi) is 3.35. The van der Waals surface area contributed by atoms with Crippen LogP contribution < -0.4 is 4.74 Å². The van der Waals surface area contributed by atoms with Crippen LogP contribution in [0, 0.1) is 16.7 Å². The Morgan fingerprint density at radius 1 is 1.47 bits per heavy atom. The van der Waals surface area contributed by atoms with Crippen molar-refractivity contribution in [3.8, 4) is 11.8 Å². The second kappa shape index (κ2) is 4.77. The van der Waals surface area contributed by atoms with Crippen molar-refractivity contribution in [2.24, 2.45) is 5.41 Å². The van der Waals surface area contributed by atoms with Gasteiger partial charge in [0.05, 0.1) is 18.8 Å². The molecule has 0 radical (unpaired) electrons. The molecule has 1 aliphatic carbocycles. The van der Waals surface area contributed by atoms with Crippen LogP contribution in [0.1, 0.15) is 37.9 Å². The van der Waals surface area contributed by atoms with Gasteiger partial charge in [0.1, 0.15) is 5.75 Å². The largest absolute Gasteiger partial charge is 0.493 e. The van der Waals surface area contributed by atoms with E-state index < -0.39 is 6.10 Å². The van der Waals surface area contributed by atoms with Crippen molar-refractivity contribution >= 4 is 0 Å². The monoisotopic (exact) mass is 231 g/mol. The van der Waals surface area contributed by atoms with Crippen LogP contribution in [0.15, 0.2) is 24.3 Å². The van der Waals surface area contributed by atoms with Crippen LogP contribution in [0.3, 0.4) is 0 Å². The molecular weight excluding hydrogens is 214 g/mol. The van der Waals surface area contributed by atoms with E-state index in [1.165, 1.54) is 0 Å². The summed E-state index contributed by atoms with van der Waals surface area (Å²) in [5.41, 5.74) is 0.876. The van der Waals surface area contributed by atoms with Gasteiger partial charge in [-0.2, -0.15) is 5.26 Å². The highest BCUT2D eigenvalue weighted by atomic mass is 16.5. The lowest BCUT2D eigenvalue weighted by molar-refractivity contribution is 0.183. The SMILES string of the molecule is C[C@H](O)c1ccccc1OCC1(CC#N)CC1. The van der Waals surface area contributed by atoms with Gasteiger partial charge in [0.15, 0.2) is 0 Å². The molecule has 3 nitrogen and oxygen atoms in total. The number of aliphatic hydroxyl groups is 1. The van der Waals surface area contributed by atoms with Crippen LogP contribution >= 0.6 is 0 Å². The highest BCUT2D eigenvalue weighted by Crippen LogP contribution is 2.48. The Hall–Kier alpha value is -1.53. The molecule has 90 valence electrons. The van der Waals surface area contributed by atoms with Crippen LogP contribution in [-0.4, -0.2) is 11.7 Å². The minimum Gasteiger partial charge on any atom is -0.493 e. The topological polar surface area (TPSA) is 53.2 Å². The number of ether oxygens (including phenoxy) is 1. The highest BCUT2D eigenvalue weighted by Gasteiger charge is 2.43. The van der Waals surface area contributed by atoms with Crippen molar-refractivity contribution in [1.82, 2.24) is 0 Å². The molecule has 1 atom stereocenters. The first-order valence-corrected chi connectivity index (χ1v) is 5.94. The van der Waals surface area contributed by atoms with E-state index in [2.05, 4.69) is 6.07 Å². The third kappa shape index (κ3) is 2.78. The number of aliphatic hydroxyl groups excluding tert-OH is 1. The Labute approximate surface area is 102 Å². The summed E-state index contributed by atoms with van der Waals surface area (Å²) in [7, 11) is 0. The Morgan fingerprint density at radius 3 is 2.76 bits per heavy atom. The summed E-state index contributed by atoms with van der Waals surface area (Å²) in [5, 5.41) is 18.4. The van der Waals surface area contributed by atoms with Gasteiger partial charge in [0.25, 0.3) is 0 Å². The minimum atomic E-state index is -0.530. The molecule has 2 rings (SSSR count). The van der Waals surface area contributed by atoms with Crippen molar-refractivity contribution in [3.05, 3.63) is 29.8 Å². The van der Waals surface area contributed by atoms with Gasteiger partial charge in [-0.05, 0) is 25.8 Å². The second-order valence-electron chi connectivity index (χ2n) is 4.84. The number of hydrogen-bond acceptors (Lipinski definition) is 3. The summed E-state index contributed by atoms with van der Waals surface area (Å²) in [4.78, 5) is 0. The van der Waals surface area contributed by atoms with E-state index in [9.17, 15) is 5.11 Å². The maximum atomic E-state index is 9.62. The molecule has 1 aromatic rings. The summed E-state index contributed by atoms with van der Waals surface area (Å²) in [5.74, 6) is 0.728. The second-order valence-corrected chi connectivity index (χ2v) is 4.84. The molecule has 0 bridgehead atoms. The van der Waals surface area contributed by atoms with Crippen molar-refractivity contribution < 1.29 is 9.84 Å². The van der Waals surface area contributed by atoms with Crippen LogP contribution in [-0.2, 0) is 0 Å². The molecule has 0 saturated heterocycles. The molecule has 0 aromatic heterocycles. The van der Waals surface area contributed by atoms with Crippen molar-refractivity contribution in [1.29, 1.82) is 5.26 Å². The normalized spacial score (nSPS) is 18.2. The molecule has 1 saturated carbocycles. The predicted octanol–water partition coefficient (Wildman–Crippen LogP) is 2.81. The molecular formula is C14H17NO2. The third-order valence-electron chi connectivity index (χ3n) is 3.31. The van der Waals surface area contributed by atoms with E-state index in [0.717, 1.165) is 24.2 Å². The van der Waals surface area contributed by atoms with Gasteiger partial charge >= 0.3 is 0 Å². The summed E-state index contributed by atoms with van der Waals surface area (Å²) < 4.78 is 5.77. The first kappa shape index (κ1) is 11.9. The lowest BCUT2D eigenvalue weighted by Crippen LogP contribution is -2.13. The molecule has 1 N–H and O–H groups in total. The van der Waals surface area contributed by atoms with Crippen molar-refractivity contribution in [2.45, 2.75) is 32.3 Å². The molecule has 0 unspecified atom stereocenters. The van der Waals surface area contributed by atoms with E-state index in [1.807, 2.05) is 24.3 Å². The zero-order chi connectivity index (χ0) is 12.3. The molecule has 0 heterocycles. The van der Waals surface area contributed by atoms with Gasteiger partial charge in [-0.15, -0.1) is 0 Å². The first-order valence-electron chi connectivity index (χ1n) is 5.94. The quantitative estimate of drug-likeness (QED) is 0.847. The molecule has 0 aliphatic heterocycles. The number of rotatable bonds is 5. The smallest absolute Gasteiger partial charge is 0.125 e. The van der Waals surface area contributed by atoms with Gasteiger partial charge in [-0.25, -0.2) is 0 Å². The zero-order valence-electron chi connectivity index (χ0n) is 10.0. The van der Waals surface area contributed by atoms with Gasteiger partial charge in [-0.1, -0.05) is 18.2 Å². The molecule has 0 spiro atoms. The summed E-state index contributed by atoms with van der Waals surface area (Å²) in [6, 6.07) is 9.73. The fourth-order valence-electron chi connectivity index (χ4n) is 1.90. The number of para-hydroxylation sites is 1. The Morgan fingerprint density at radius 2 is 2.18 bits per heavy atom. The minimum absolute atomic E-state index is 0.0700. The third-order valence-corrected chi connectivity index (χ3v) is 3.31. The van der Waals surface area contributed by atoms with E-state index >= 15 is 0 Å². The zero-order valence-corrected chi connectivity index (χ0v) is 10.0. The number of benzene rings is 1. The molecule has 1 fully saturated rings. The van der Waals surface area contributed by atoms with Crippen molar-refractivity contribution in [3.63, 3.8) is 0 Å². The lowest BCUT2D eigenvalue weighted by Gasteiger charge is -2.16. The van der Waals surface area contributed by atoms with E-state index in [-0.39, 0.29) is 5.41 Å². The number of hydrogen-bond donors (Lipinski definition) is 1. The fourth-order valence-corrected chi connectivity index (χ4v) is 1.90. The van der Waals surface area contributed by atoms with Gasteiger partial charge in [0.2, 0.25) is 0 Å². The Balaban J connectivity index is 2.02. The lowest BCUT2D eigenvalue weighted by atomic mass is 10.1. The Bertz CT molecular complexity index is 430. The van der Waals surface area contributed by atoms with E-state index in [0.29, 0.717) is 13.0 Å². The molecule has 3 heteroatoms. The summed E-state index contributed by atoms with van der Waals surface area (Å²) in [6.07, 6.45) is 2.16. The summed E-state index contributed by atoms with van der Waals surface area (Å²) in [6.45, 7) is 2.30. The average molecular weight is 231 g/mol. The maximum absolute atomic E-state index is 9.62. The fraction of sp³-hybridized carbons (Fsp3) is 0.500. The molecule has 1 aliphatic rings. The molecule has 1 aromatic carbocycles. The van der Waals surface area contributed by atoms with Crippen LogP contribution in [0.5, 0.6) is 5.75 Å². The molecule has 17 heavy (non-hydrogen) atoms. The maximum Gasteiger partial charge on any atom is 0.125 e. The average Bonchev–Trinajstić information content (AvgIpc) is 3.08. The van der Waals surface area contributed by atoms with Crippen LogP contribution in [0.4, 0.5) is 0 Å². The van der Waals surface area contributed by atoms with Gasteiger partial charge in [0, 0.05) is 17.4 Å². The number of nitrogens with zero attached hydrogens (tertiary/aromatic N) is 1. The van der Waals surface area contributed by atoms with Gasteiger partial charge in [-0.3, -0.25) is 0 Å². The first-order chi connectivity index (χ1) is 8.17. The van der Waals surface area contributed by atoms with Crippen molar-refractivity contribution in [2.75, 3.05) is 6.61 Å².